The molecule has 2 aromatic heterocycles. The van der Waals surface area contributed by atoms with Crippen molar-refractivity contribution in [1.29, 1.82) is 0 Å². The van der Waals surface area contributed by atoms with Crippen molar-refractivity contribution >= 4 is 17.3 Å². The molecule has 0 saturated carbocycles. The topological polar surface area (TPSA) is 82.8 Å². The van der Waals surface area contributed by atoms with Crippen molar-refractivity contribution in [2.24, 2.45) is 5.92 Å². The van der Waals surface area contributed by atoms with E-state index in [4.69, 9.17) is 0 Å². The molecule has 10 heteroatoms. The predicted octanol–water partition coefficient (Wildman–Crippen LogP) is 3.24. The summed E-state index contributed by atoms with van der Waals surface area (Å²) >= 11 is 0. The quantitative estimate of drug-likeness (QED) is 0.551. The highest BCUT2D eigenvalue weighted by Crippen LogP contribution is 2.31. The first-order valence-electron chi connectivity index (χ1n) is 12.9. The normalized spacial score (nSPS) is 21.5. The second-order valence-electron chi connectivity index (χ2n) is 10.4. The number of carbonyl (C=O) groups excluding carboxylic acids is 2. The van der Waals surface area contributed by atoms with Gasteiger partial charge in [-0.15, -0.1) is 0 Å². The monoisotopic (exact) mass is 510 g/mol. The van der Waals surface area contributed by atoms with Gasteiger partial charge in [-0.1, -0.05) is 13.8 Å². The Kier molecular flexibility index (Phi) is 7.19. The van der Waals surface area contributed by atoms with Crippen LogP contribution in [0.5, 0.6) is 0 Å². The molecule has 2 aliphatic rings. The summed E-state index contributed by atoms with van der Waals surface area (Å²) in [5.41, 5.74) is 1.55. The highest BCUT2D eigenvalue weighted by molar-refractivity contribution is 5.93. The summed E-state index contributed by atoms with van der Waals surface area (Å²) < 4.78 is 30.0. The van der Waals surface area contributed by atoms with Crippen LogP contribution < -0.4 is 5.32 Å². The van der Waals surface area contributed by atoms with E-state index in [-0.39, 0.29) is 36.2 Å². The van der Waals surface area contributed by atoms with Crippen LogP contribution in [-0.4, -0.2) is 74.2 Å². The molecule has 0 spiro atoms. The molecule has 0 radical (unpaired) electrons. The predicted molar refractivity (Wildman–Crippen MR) is 134 cm³/mol. The molecular formula is C27H32F2N6O2. The fourth-order valence-corrected chi connectivity index (χ4v) is 5.82. The minimum absolute atomic E-state index is 0.0920. The third kappa shape index (κ3) is 5.20. The van der Waals surface area contributed by atoms with Gasteiger partial charge in [0.2, 0.25) is 5.91 Å². The number of rotatable bonds is 6. The third-order valence-electron chi connectivity index (χ3n) is 7.52. The fourth-order valence-electron chi connectivity index (χ4n) is 5.82. The number of hydrogen-bond donors (Lipinski definition) is 1. The maximum atomic E-state index is 14.1. The second-order valence-corrected chi connectivity index (χ2v) is 10.4. The van der Waals surface area contributed by atoms with Crippen molar-refractivity contribution in [3.63, 3.8) is 0 Å². The molecule has 0 unspecified atom stereocenters. The highest BCUT2D eigenvalue weighted by Gasteiger charge is 2.38. The van der Waals surface area contributed by atoms with E-state index in [1.165, 1.54) is 18.3 Å². The lowest BCUT2D eigenvalue weighted by atomic mass is 9.84. The van der Waals surface area contributed by atoms with Crippen molar-refractivity contribution in [2.45, 2.75) is 51.1 Å². The van der Waals surface area contributed by atoms with Crippen LogP contribution in [0.25, 0.3) is 5.52 Å². The average molecular weight is 511 g/mol. The van der Waals surface area contributed by atoms with Crippen molar-refractivity contribution in [1.82, 2.24) is 29.5 Å². The SMILES string of the molecule is CC(C)[C@H](C(=O)N[C@@H]1CN(C(=O)c2cncc3cncn23)CC[C@H]1c1cc(F)cc(F)c1)N1CCCC1. The lowest BCUT2D eigenvalue weighted by Gasteiger charge is -2.40. The summed E-state index contributed by atoms with van der Waals surface area (Å²) in [6, 6.07) is 2.67. The van der Waals surface area contributed by atoms with E-state index in [1.54, 1.807) is 28.0 Å². The summed E-state index contributed by atoms with van der Waals surface area (Å²) in [6.07, 6.45) is 8.88. The molecule has 5 rings (SSSR count). The third-order valence-corrected chi connectivity index (χ3v) is 7.52. The number of nitrogens with one attached hydrogen (secondary N) is 1. The minimum Gasteiger partial charge on any atom is -0.350 e. The number of hydrogen-bond acceptors (Lipinski definition) is 5. The Balaban J connectivity index is 1.43. The Morgan fingerprint density at radius 2 is 1.70 bits per heavy atom. The standard InChI is InChI=1S/C27H32F2N6O2/c1-17(2)25(33-6-3-4-7-33)26(36)32-23-15-34(8-5-22(23)18-9-19(28)11-20(29)10-18)27(37)24-14-30-12-21-13-31-16-35(21)24/h9-14,16-17,22-23,25H,3-8,15H2,1-2H3,(H,32,36)/t22-,23+,25+/m0/s1. The maximum Gasteiger partial charge on any atom is 0.272 e. The molecule has 3 aromatic rings. The number of aromatic nitrogens is 3. The summed E-state index contributed by atoms with van der Waals surface area (Å²) in [6.45, 7) is 6.37. The van der Waals surface area contributed by atoms with E-state index in [0.717, 1.165) is 32.0 Å². The van der Waals surface area contributed by atoms with Crippen molar-refractivity contribution in [3.05, 3.63) is 66.0 Å². The number of piperidine rings is 1. The molecule has 1 N–H and O–H groups in total. The number of imidazole rings is 1. The Bertz CT molecular complexity index is 1270. The molecule has 196 valence electrons. The van der Waals surface area contributed by atoms with Gasteiger partial charge in [-0.3, -0.25) is 23.9 Å². The molecule has 0 aliphatic carbocycles. The van der Waals surface area contributed by atoms with Crippen LogP contribution in [0, 0.1) is 17.6 Å². The number of carbonyl (C=O) groups is 2. The van der Waals surface area contributed by atoms with Crippen LogP contribution in [0.2, 0.25) is 0 Å². The molecule has 2 saturated heterocycles. The molecule has 2 amide bonds. The Morgan fingerprint density at radius 1 is 1.00 bits per heavy atom. The zero-order chi connectivity index (χ0) is 26.1. The molecule has 1 aromatic carbocycles. The van der Waals surface area contributed by atoms with Crippen molar-refractivity contribution < 1.29 is 18.4 Å². The number of likely N-dealkylation sites (tertiary alicyclic amines) is 2. The van der Waals surface area contributed by atoms with E-state index in [2.05, 4.69) is 20.2 Å². The van der Waals surface area contributed by atoms with Gasteiger partial charge in [0.05, 0.1) is 42.5 Å². The highest BCUT2D eigenvalue weighted by atomic mass is 19.1. The summed E-state index contributed by atoms with van der Waals surface area (Å²) in [4.78, 5) is 39.3. The van der Waals surface area contributed by atoms with Gasteiger partial charge in [0, 0.05) is 25.1 Å². The van der Waals surface area contributed by atoms with Gasteiger partial charge in [-0.05, 0) is 56.0 Å². The van der Waals surface area contributed by atoms with Gasteiger partial charge >= 0.3 is 0 Å². The molecule has 37 heavy (non-hydrogen) atoms. The van der Waals surface area contributed by atoms with Gasteiger partial charge in [-0.2, -0.15) is 0 Å². The van der Waals surface area contributed by atoms with Gasteiger partial charge < -0.3 is 10.2 Å². The van der Waals surface area contributed by atoms with E-state index >= 15 is 0 Å². The van der Waals surface area contributed by atoms with Crippen molar-refractivity contribution in [3.8, 4) is 0 Å². The largest absolute Gasteiger partial charge is 0.350 e. The Labute approximate surface area is 214 Å². The molecule has 2 aliphatic heterocycles. The second kappa shape index (κ2) is 10.5. The number of amides is 2. The Hall–Kier alpha value is -3.40. The van der Waals surface area contributed by atoms with Crippen LogP contribution in [0.3, 0.4) is 0 Å². The number of nitrogens with zero attached hydrogens (tertiary/aromatic N) is 5. The van der Waals surface area contributed by atoms with Crippen LogP contribution in [0.4, 0.5) is 8.78 Å². The molecule has 3 atom stereocenters. The van der Waals surface area contributed by atoms with Crippen LogP contribution in [0.15, 0.2) is 43.1 Å². The first-order valence-corrected chi connectivity index (χ1v) is 12.9. The van der Waals surface area contributed by atoms with Gasteiger partial charge in [0.1, 0.15) is 17.3 Å². The maximum absolute atomic E-state index is 14.1. The minimum atomic E-state index is -0.659. The molecule has 0 bridgehead atoms. The summed E-state index contributed by atoms with van der Waals surface area (Å²) in [5, 5.41) is 3.18. The van der Waals surface area contributed by atoms with E-state index in [0.29, 0.717) is 29.7 Å². The van der Waals surface area contributed by atoms with Crippen LogP contribution >= 0.6 is 0 Å². The van der Waals surface area contributed by atoms with E-state index in [1.807, 2.05) is 13.8 Å². The first kappa shape index (κ1) is 25.3. The first-order chi connectivity index (χ1) is 17.8. The number of halogens is 2. The lowest BCUT2D eigenvalue weighted by Crippen LogP contribution is -2.57. The van der Waals surface area contributed by atoms with E-state index < -0.39 is 17.7 Å². The molecular weight excluding hydrogens is 478 g/mol. The molecule has 2 fully saturated rings. The summed E-state index contributed by atoms with van der Waals surface area (Å²) in [7, 11) is 0. The van der Waals surface area contributed by atoms with Gasteiger partial charge in [0.15, 0.2) is 0 Å². The van der Waals surface area contributed by atoms with E-state index in [9.17, 15) is 18.4 Å². The lowest BCUT2D eigenvalue weighted by molar-refractivity contribution is -0.128. The molecule has 8 nitrogen and oxygen atoms in total. The number of fused-ring (bicyclic) bond motifs is 1. The fraction of sp³-hybridized carbons (Fsp3) is 0.481. The molecule has 4 heterocycles. The zero-order valence-corrected chi connectivity index (χ0v) is 21.1. The smallest absolute Gasteiger partial charge is 0.272 e. The van der Waals surface area contributed by atoms with Crippen LogP contribution in [0.1, 0.15) is 55.1 Å². The average Bonchev–Trinajstić information content (AvgIpc) is 3.55. The van der Waals surface area contributed by atoms with Gasteiger partial charge in [-0.25, -0.2) is 13.8 Å². The zero-order valence-electron chi connectivity index (χ0n) is 21.1. The van der Waals surface area contributed by atoms with Crippen LogP contribution in [-0.2, 0) is 4.79 Å². The Morgan fingerprint density at radius 3 is 2.41 bits per heavy atom. The van der Waals surface area contributed by atoms with Gasteiger partial charge in [0.25, 0.3) is 5.91 Å². The summed E-state index contributed by atoms with van der Waals surface area (Å²) in [5.74, 6) is -1.92. The number of benzene rings is 1. The van der Waals surface area contributed by atoms with Crippen molar-refractivity contribution in [2.75, 3.05) is 26.2 Å².